The number of nitrogens with zero attached hydrogens (tertiary/aromatic N) is 2. The van der Waals surface area contributed by atoms with Gasteiger partial charge in [0.2, 0.25) is 5.91 Å². The van der Waals surface area contributed by atoms with Crippen molar-refractivity contribution in [3.05, 3.63) is 24.5 Å². The molecule has 0 bridgehead atoms. The first-order valence-electron chi connectivity index (χ1n) is 5.44. The smallest absolute Gasteiger partial charge is 0.315 e. The van der Waals surface area contributed by atoms with Crippen LogP contribution in [0.5, 0.6) is 0 Å². The molecule has 1 heterocycles. The molecule has 18 heavy (non-hydrogen) atoms. The zero-order valence-corrected chi connectivity index (χ0v) is 10.0. The Balaban J connectivity index is 2.22. The Labute approximate surface area is 103 Å². The second-order valence-corrected chi connectivity index (χ2v) is 4.11. The third kappa shape index (κ3) is 2.17. The highest BCUT2D eigenvalue weighted by Crippen LogP contribution is 2.17. The zero-order valence-electron chi connectivity index (χ0n) is 10.0. The fourth-order valence-corrected chi connectivity index (χ4v) is 1.58. The molecule has 6 heteroatoms. The lowest BCUT2D eigenvalue weighted by atomic mass is 10.1. The van der Waals surface area contributed by atoms with Crippen LogP contribution >= 0.6 is 0 Å². The number of aliphatic carboxylic acids is 1. The summed E-state index contributed by atoms with van der Waals surface area (Å²) in [6.07, 6.45) is 1.68. The molecule has 0 radical (unpaired) electrons. The third-order valence-corrected chi connectivity index (χ3v) is 2.76. The van der Waals surface area contributed by atoms with E-state index in [9.17, 15) is 9.59 Å². The number of fused-ring (bicyclic) bond motifs is 1. The van der Waals surface area contributed by atoms with Crippen molar-refractivity contribution >= 4 is 28.6 Å². The number of hydrogen-bond acceptors (Lipinski definition) is 3. The number of benzene rings is 1. The van der Waals surface area contributed by atoms with Crippen molar-refractivity contribution in [1.29, 1.82) is 0 Å². The van der Waals surface area contributed by atoms with Crippen LogP contribution in [0.25, 0.3) is 11.0 Å². The predicted molar refractivity (Wildman–Crippen MR) is 66.1 cm³/mol. The number of hydrogen-bond donors (Lipinski definition) is 2. The van der Waals surface area contributed by atoms with Crippen LogP contribution in [0, 0.1) is 5.92 Å². The highest BCUT2D eigenvalue weighted by atomic mass is 16.4. The van der Waals surface area contributed by atoms with Gasteiger partial charge in [0, 0.05) is 12.7 Å². The minimum Gasteiger partial charge on any atom is -0.481 e. The number of amides is 1. The van der Waals surface area contributed by atoms with Crippen LogP contribution in [0.15, 0.2) is 24.5 Å². The summed E-state index contributed by atoms with van der Waals surface area (Å²) in [6, 6.07) is 5.25. The van der Waals surface area contributed by atoms with Gasteiger partial charge in [0.1, 0.15) is 5.92 Å². The molecule has 0 fully saturated rings. The van der Waals surface area contributed by atoms with Gasteiger partial charge in [-0.2, -0.15) is 0 Å². The number of rotatable bonds is 3. The van der Waals surface area contributed by atoms with E-state index in [0.717, 1.165) is 11.0 Å². The molecule has 1 unspecified atom stereocenters. The van der Waals surface area contributed by atoms with Crippen LogP contribution in [0.4, 0.5) is 5.69 Å². The fraction of sp³-hybridized carbons (Fsp3) is 0.250. The van der Waals surface area contributed by atoms with Gasteiger partial charge in [-0.15, -0.1) is 0 Å². The number of aromatic nitrogens is 2. The van der Waals surface area contributed by atoms with Crippen molar-refractivity contribution in [3.63, 3.8) is 0 Å². The number of carbonyl (C=O) groups excluding carboxylic acids is 1. The first-order chi connectivity index (χ1) is 8.49. The van der Waals surface area contributed by atoms with Gasteiger partial charge >= 0.3 is 5.97 Å². The van der Waals surface area contributed by atoms with Gasteiger partial charge in [-0.3, -0.25) is 9.59 Å². The summed E-state index contributed by atoms with van der Waals surface area (Å²) < 4.78 is 1.86. The van der Waals surface area contributed by atoms with Gasteiger partial charge in [0.05, 0.1) is 17.4 Å². The standard InChI is InChI=1S/C12H13N3O3/c1-7(12(17)18)11(16)14-8-3-4-10-9(5-8)13-6-15(10)2/h3-7H,1-2H3,(H,14,16)(H,17,18). The Kier molecular flexibility index (Phi) is 3.01. The van der Waals surface area contributed by atoms with Crippen molar-refractivity contribution in [2.75, 3.05) is 5.32 Å². The summed E-state index contributed by atoms with van der Waals surface area (Å²) in [4.78, 5) is 26.4. The molecule has 1 aromatic heterocycles. The van der Waals surface area contributed by atoms with Crippen LogP contribution in [0.2, 0.25) is 0 Å². The van der Waals surface area contributed by atoms with Gasteiger partial charge in [-0.05, 0) is 25.1 Å². The van der Waals surface area contributed by atoms with Crippen LogP contribution in [-0.2, 0) is 16.6 Å². The topological polar surface area (TPSA) is 84.2 Å². The predicted octanol–water partition coefficient (Wildman–Crippen LogP) is 1.23. The number of imidazole rings is 1. The maximum Gasteiger partial charge on any atom is 0.315 e. The SMILES string of the molecule is CC(C(=O)O)C(=O)Nc1ccc2c(c1)ncn2C. The summed E-state index contributed by atoms with van der Waals surface area (Å²) in [6.45, 7) is 1.34. The maximum atomic E-state index is 11.6. The van der Waals surface area contributed by atoms with Crippen LogP contribution in [0.3, 0.4) is 0 Å². The third-order valence-electron chi connectivity index (χ3n) is 2.76. The minimum atomic E-state index is -1.15. The van der Waals surface area contributed by atoms with E-state index in [-0.39, 0.29) is 0 Å². The van der Waals surface area contributed by atoms with Gasteiger partial charge in [0.15, 0.2) is 0 Å². The van der Waals surface area contributed by atoms with E-state index in [0.29, 0.717) is 5.69 Å². The van der Waals surface area contributed by atoms with Crippen LogP contribution in [-0.4, -0.2) is 26.5 Å². The lowest BCUT2D eigenvalue weighted by Crippen LogP contribution is -2.26. The fourth-order valence-electron chi connectivity index (χ4n) is 1.58. The molecular weight excluding hydrogens is 234 g/mol. The lowest BCUT2D eigenvalue weighted by Gasteiger charge is -2.08. The first-order valence-corrected chi connectivity index (χ1v) is 5.44. The Bertz CT molecular complexity index is 618. The lowest BCUT2D eigenvalue weighted by molar-refractivity contribution is -0.144. The molecule has 94 valence electrons. The zero-order chi connectivity index (χ0) is 13.3. The summed E-state index contributed by atoms with van der Waals surface area (Å²) in [5.74, 6) is -2.77. The number of aryl methyl sites for hydroxylation is 1. The van der Waals surface area contributed by atoms with E-state index in [4.69, 9.17) is 5.11 Å². The number of carboxylic acid groups (broad SMARTS) is 1. The summed E-state index contributed by atoms with van der Waals surface area (Å²) in [5, 5.41) is 11.3. The Morgan fingerprint density at radius 2 is 2.17 bits per heavy atom. The molecule has 0 aliphatic heterocycles. The summed E-state index contributed by atoms with van der Waals surface area (Å²) >= 11 is 0. The first kappa shape index (κ1) is 12.1. The molecule has 0 aliphatic carbocycles. The van der Waals surface area contributed by atoms with E-state index in [1.807, 2.05) is 17.7 Å². The van der Waals surface area contributed by atoms with E-state index in [2.05, 4.69) is 10.3 Å². The molecule has 2 N–H and O–H groups in total. The molecule has 1 atom stereocenters. The quantitative estimate of drug-likeness (QED) is 0.799. The van der Waals surface area contributed by atoms with Crippen molar-refractivity contribution in [3.8, 4) is 0 Å². The number of carbonyl (C=O) groups is 2. The number of nitrogens with one attached hydrogen (secondary N) is 1. The molecule has 1 amide bonds. The number of anilines is 1. The normalized spacial score (nSPS) is 12.3. The molecule has 1 aromatic carbocycles. The summed E-state index contributed by atoms with van der Waals surface area (Å²) in [5.41, 5.74) is 2.23. The molecule has 2 rings (SSSR count). The molecule has 2 aromatic rings. The van der Waals surface area contributed by atoms with Crippen molar-refractivity contribution < 1.29 is 14.7 Å². The van der Waals surface area contributed by atoms with Gasteiger partial charge < -0.3 is 15.0 Å². The maximum absolute atomic E-state index is 11.6. The second-order valence-electron chi connectivity index (χ2n) is 4.11. The van der Waals surface area contributed by atoms with Gasteiger partial charge in [-0.25, -0.2) is 4.98 Å². The van der Waals surface area contributed by atoms with Crippen molar-refractivity contribution in [1.82, 2.24) is 9.55 Å². The van der Waals surface area contributed by atoms with E-state index in [1.165, 1.54) is 6.92 Å². The Morgan fingerprint density at radius 3 is 2.83 bits per heavy atom. The van der Waals surface area contributed by atoms with E-state index >= 15 is 0 Å². The van der Waals surface area contributed by atoms with E-state index < -0.39 is 17.8 Å². The molecule has 0 aliphatic rings. The van der Waals surface area contributed by atoms with Crippen molar-refractivity contribution in [2.24, 2.45) is 13.0 Å². The van der Waals surface area contributed by atoms with Crippen molar-refractivity contribution in [2.45, 2.75) is 6.92 Å². The molecule has 0 spiro atoms. The van der Waals surface area contributed by atoms with Gasteiger partial charge in [-0.1, -0.05) is 0 Å². The van der Waals surface area contributed by atoms with Gasteiger partial charge in [0.25, 0.3) is 0 Å². The summed E-state index contributed by atoms with van der Waals surface area (Å²) in [7, 11) is 1.88. The molecular formula is C12H13N3O3. The molecule has 6 nitrogen and oxygen atoms in total. The molecule has 0 saturated heterocycles. The highest BCUT2D eigenvalue weighted by molar-refractivity contribution is 6.04. The minimum absolute atomic E-state index is 0.541. The molecule has 0 saturated carbocycles. The van der Waals surface area contributed by atoms with E-state index in [1.54, 1.807) is 18.5 Å². The average Bonchev–Trinajstić information content (AvgIpc) is 2.69. The number of carboxylic acids is 1. The monoisotopic (exact) mass is 247 g/mol. The largest absolute Gasteiger partial charge is 0.481 e. The van der Waals surface area contributed by atoms with Crippen LogP contribution in [0.1, 0.15) is 6.92 Å². The highest BCUT2D eigenvalue weighted by Gasteiger charge is 2.20. The average molecular weight is 247 g/mol. The van der Waals surface area contributed by atoms with Crippen LogP contribution < -0.4 is 5.32 Å². The Hall–Kier alpha value is -2.37. The Morgan fingerprint density at radius 1 is 1.44 bits per heavy atom. The second kappa shape index (κ2) is 4.48.